The van der Waals surface area contributed by atoms with Crippen molar-refractivity contribution in [1.29, 1.82) is 0 Å². The fourth-order valence-corrected chi connectivity index (χ4v) is 1.42. The van der Waals surface area contributed by atoms with Crippen LogP contribution in [0.5, 0.6) is 0 Å². The molecule has 0 aliphatic rings. The van der Waals surface area contributed by atoms with E-state index >= 15 is 0 Å². The lowest BCUT2D eigenvalue weighted by molar-refractivity contribution is 0.390. The van der Waals surface area contributed by atoms with E-state index in [-0.39, 0.29) is 0 Å². The standard InChI is InChI=1S/C12H22N4/c1-9-7-12(14-8-11(9)13)15-10(2)5-6-16(3)4/h7-8,10H,5-6,13H2,1-4H3,(H,14,15). The van der Waals surface area contributed by atoms with Crippen molar-refractivity contribution in [3.63, 3.8) is 0 Å². The van der Waals surface area contributed by atoms with Crippen molar-refractivity contribution in [2.45, 2.75) is 26.3 Å². The Morgan fingerprint density at radius 2 is 2.19 bits per heavy atom. The largest absolute Gasteiger partial charge is 0.397 e. The van der Waals surface area contributed by atoms with Gasteiger partial charge in [0, 0.05) is 6.04 Å². The fourth-order valence-electron chi connectivity index (χ4n) is 1.42. The lowest BCUT2D eigenvalue weighted by Gasteiger charge is -2.17. The summed E-state index contributed by atoms with van der Waals surface area (Å²) in [6.07, 6.45) is 2.80. The first kappa shape index (κ1) is 12.8. The van der Waals surface area contributed by atoms with Crippen molar-refractivity contribution in [1.82, 2.24) is 9.88 Å². The molecular formula is C12H22N4. The average molecular weight is 222 g/mol. The lowest BCUT2D eigenvalue weighted by atomic mass is 10.2. The van der Waals surface area contributed by atoms with Gasteiger partial charge in [-0.25, -0.2) is 4.98 Å². The third-order valence-electron chi connectivity index (χ3n) is 2.55. The van der Waals surface area contributed by atoms with Gasteiger partial charge in [-0.15, -0.1) is 0 Å². The monoisotopic (exact) mass is 222 g/mol. The quantitative estimate of drug-likeness (QED) is 0.796. The molecule has 1 heterocycles. The van der Waals surface area contributed by atoms with Gasteiger partial charge in [0.25, 0.3) is 0 Å². The Morgan fingerprint density at radius 1 is 1.50 bits per heavy atom. The fraction of sp³-hybridized carbons (Fsp3) is 0.583. The van der Waals surface area contributed by atoms with Gasteiger partial charge in [-0.05, 0) is 52.5 Å². The van der Waals surface area contributed by atoms with E-state index in [4.69, 9.17) is 5.73 Å². The molecule has 4 heteroatoms. The van der Waals surface area contributed by atoms with Crippen LogP contribution in [0, 0.1) is 6.92 Å². The minimum atomic E-state index is 0.415. The van der Waals surface area contributed by atoms with Gasteiger partial charge in [0.2, 0.25) is 0 Å². The highest BCUT2D eigenvalue weighted by Gasteiger charge is 2.04. The zero-order chi connectivity index (χ0) is 12.1. The van der Waals surface area contributed by atoms with Gasteiger partial charge < -0.3 is 16.0 Å². The molecule has 0 bridgehead atoms. The van der Waals surface area contributed by atoms with Crippen LogP contribution in [-0.4, -0.2) is 36.6 Å². The summed E-state index contributed by atoms with van der Waals surface area (Å²) in [7, 11) is 4.16. The highest BCUT2D eigenvalue weighted by molar-refractivity contribution is 5.51. The summed E-state index contributed by atoms with van der Waals surface area (Å²) >= 11 is 0. The molecule has 3 N–H and O–H groups in total. The van der Waals surface area contributed by atoms with Crippen LogP contribution < -0.4 is 11.1 Å². The first-order valence-corrected chi connectivity index (χ1v) is 5.62. The Bertz CT molecular complexity index is 336. The van der Waals surface area contributed by atoms with Crippen molar-refractivity contribution in [2.75, 3.05) is 31.7 Å². The number of nitrogens with zero attached hydrogens (tertiary/aromatic N) is 2. The third-order valence-corrected chi connectivity index (χ3v) is 2.55. The molecule has 0 aliphatic heterocycles. The number of nitrogens with two attached hydrogens (primary N) is 1. The molecule has 1 aromatic heterocycles. The van der Waals surface area contributed by atoms with E-state index in [1.165, 1.54) is 0 Å². The second-order valence-corrected chi connectivity index (χ2v) is 4.56. The van der Waals surface area contributed by atoms with Gasteiger partial charge in [-0.2, -0.15) is 0 Å². The smallest absolute Gasteiger partial charge is 0.126 e. The second kappa shape index (κ2) is 5.70. The SMILES string of the molecule is Cc1cc(NC(C)CCN(C)C)ncc1N. The number of anilines is 2. The predicted molar refractivity (Wildman–Crippen MR) is 69.6 cm³/mol. The zero-order valence-corrected chi connectivity index (χ0v) is 10.6. The predicted octanol–water partition coefficient (Wildman–Crippen LogP) is 1.72. The van der Waals surface area contributed by atoms with Gasteiger partial charge in [-0.3, -0.25) is 0 Å². The number of hydrogen-bond acceptors (Lipinski definition) is 4. The van der Waals surface area contributed by atoms with Gasteiger partial charge in [0.1, 0.15) is 5.82 Å². The molecule has 4 nitrogen and oxygen atoms in total. The number of aromatic nitrogens is 1. The van der Waals surface area contributed by atoms with Crippen molar-refractivity contribution in [3.05, 3.63) is 17.8 Å². The number of pyridine rings is 1. The molecule has 1 rings (SSSR count). The van der Waals surface area contributed by atoms with Crippen LogP contribution in [0.3, 0.4) is 0 Å². The molecule has 1 atom stereocenters. The zero-order valence-electron chi connectivity index (χ0n) is 10.6. The number of nitrogen functional groups attached to an aromatic ring is 1. The summed E-state index contributed by atoms with van der Waals surface area (Å²) in [4.78, 5) is 6.44. The van der Waals surface area contributed by atoms with Crippen LogP contribution in [0.4, 0.5) is 11.5 Å². The number of hydrogen-bond donors (Lipinski definition) is 2. The van der Waals surface area contributed by atoms with E-state index in [1.807, 2.05) is 13.0 Å². The lowest BCUT2D eigenvalue weighted by Crippen LogP contribution is -2.23. The summed E-state index contributed by atoms with van der Waals surface area (Å²) in [5.74, 6) is 0.901. The summed E-state index contributed by atoms with van der Waals surface area (Å²) in [6.45, 7) is 5.23. The molecule has 16 heavy (non-hydrogen) atoms. The summed E-state index contributed by atoms with van der Waals surface area (Å²) in [5, 5.41) is 3.37. The minimum Gasteiger partial charge on any atom is -0.397 e. The van der Waals surface area contributed by atoms with Gasteiger partial charge in [0.15, 0.2) is 0 Å². The molecule has 0 radical (unpaired) electrons. The Morgan fingerprint density at radius 3 is 2.75 bits per heavy atom. The topological polar surface area (TPSA) is 54.2 Å². The van der Waals surface area contributed by atoms with Gasteiger partial charge in [0.05, 0.1) is 11.9 Å². The number of nitrogens with one attached hydrogen (secondary N) is 1. The molecule has 0 spiro atoms. The molecule has 0 fully saturated rings. The Balaban J connectivity index is 2.49. The van der Waals surface area contributed by atoms with Crippen LogP contribution in [0.1, 0.15) is 18.9 Å². The van der Waals surface area contributed by atoms with Crippen molar-refractivity contribution < 1.29 is 0 Å². The van der Waals surface area contributed by atoms with E-state index in [0.29, 0.717) is 6.04 Å². The number of aryl methyl sites for hydroxylation is 1. The molecule has 0 aromatic carbocycles. The van der Waals surface area contributed by atoms with Crippen LogP contribution in [0.25, 0.3) is 0 Å². The van der Waals surface area contributed by atoms with Crippen LogP contribution in [0.15, 0.2) is 12.3 Å². The Labute approximate surface area is 97.9 Å². The maximum Gasteiger partial charge on any atom is 0.126 e. The van der Waals surface area contributed by atoms with Gasteiger partial charge in [-0.1, -0.05) is 0 Å². The first-order valence-electron chi connectivity index (χ1n) is 5.62. The first-order chi connectivity index (χ1) is 7.49. The van der Waals surface area contributed by atoms with Crippen LogP contribution >= 0.6 is 0 Å². The van der Waals surface area contributed by atoms with E-state index in [1.54, 1.807) is 6.20 Å². The van der Waals surface area contributed by atoms with E-state index in [2.05, 4.69) is 36.2 Å². The van der Waals surface area contributed by atoms with Gasteiger partial charge >= 0.3 is 0 Å². The maximum absolute atomic E-state index is 5.72. The summed E-state index contributed by atoms with van der Waals surface area (Å²) in [6, 6.07) is 2.40. The summed E-state index contributed by atoms with van der Waals surface area (Å²) in [5.41, 5.74) is 7.53. The van der Waals surface area contributed by atoms with Crippen molar-refractivity contribution in [2.24, 2.45) is 0 Å². The van der Waals surface area contributed by atoms with Crippen molar-refractivity contribution >= 4 is 11.5 Å². The molecule has 0 saturated heterocycles. The molecule has 1 aromatic rings. The molecule has 0 amide bonds. The third kappa shape index (κ3) is 4.06. The van der Waals surface area contributed by atoms with E-state index in [9.17, 15) is 0 Å². The Hall–Kier alpha value is -1.29. The number of rotatable bonds is 5. The molecule has 90 valence electrons. The molecule has 0 aliphatic carbocycles. The average Bonchev–Trinajstić information content (AvgIpc) is 2.21. The second-order valence-electron chi connectivity index (χ2n) is 4.56. The summed E-state index contributed by atoms with van der Waals surface area (Å²) < 4.78 is 0. The Kier molecular flexibility index (Phi) is 4.55. The minimum absolute atomic E-state index is 0.415. The van der Waals surface area contributed by atoms with Crippen LogP contribution in [0.2, 0.25) is 0 Å². The van der Waals surface area contributed by atoms with Crippen LogP contribution in [-0.2, 0) is 0 Å². The van der Waals surface area contributed by atoms with Crippen molar-refractivity contribution in [3.8, 4) is 0 Å². The maximum atomic E-state index is 5.72. The highest BCUT2D eigenvalue weighted by atomic mass is 15.1. The molecule has 1 unspecified atom stereocenters. The molecular weight excluding hydrogens is 200 g/mol. The van der Waals surface area contributed by atoms with E-state index in [0.717, 1.165) is 30.0 Å². The van der Waals surface area contributed by atoms with E-state index < -0.39 is 0 Å². The molecule has 0 saturated carbocycles. The highest BCUT2D eigenvalue weighted by Crippen LogP contribution is 2.14. The normalized spacial score (nSPS) is 12.8.